The molecule has 1 amide bonds. The van der Waals surface area contributed by atoms with Crippen molar-refractivity contribution < 1.29 is 23.5 Å². The predicted molar refractivity (Wildman–Crippen MR) is 100 cm³/mol. The molecular weight excluding hydrogens is 360 g/mol. The molecule has 1 N–H and O–H groups in total. The third-order valence-electron chi connectivity index (χ3n) is 4.40. The number of oxazole rings is 1. The van der Waals surface area contributed by atoms with Crippen molar-refractivity contribution >= 4 is 23.3 Å². The smallest absolute Gasteiger partial charge is 0.361 e. The Kier molecular flexibility index (Phi) is 4.49. The number of carbonyl (C=O) groups is 3. The highest BCUT2D eigenvalue weighted by molar-refractivity contribution is 6.03. The first-order valence-corrected chi connectivity index (χ1v) is 8.67. The van der Waals surface area contributed by atoms with Gasteiger partial charge in [-0.2, -0.15) is 0 Å². The summed E-state index contributed by atoms with van der Waals surface area (Å²) < 4.78 is 10.7. The summed E-state index contributed by atoms with van der Waals surface area (Å²) in [6, 6.07) is 14.1. The molecule has 2 heterocycles. The van der Waals surface area contributed by atoms with Crippen LogP contribution < -0.4 is 5.32 Å². The lowest BCUT2D eigenvalue weighted by Gasteiger charge is -2.05. The molecule has 0 spiro atoms. The van der Waals surface area contributed by atoms with Gasteiger partial charge in [-0.3, -0.25) is 9.59 Å². The van der Waals surface area contributed by atoms with Crippen LogP contribution in [0, 0.1) is 6.92 Å². The Morgan fingerprint density at radius 2 is 1.96 bits per heavy atom. The number of amides is 1. The van der Waals surface area contributed by atoms with Gasteiger partial charge in [-0.1, -0.05) is 18.2 Å². The average molecular weight is 376 g/mol. The minimum absolute atomic E-state index is 0.0374. The Hall–Kier alpha value is -3.74. The lowest BCUT2D eigenvalue weighted by atomic mass is 10.1. The molecule has 1 aliphatic rings. The number of ether oxygens (including phenoxy) is 1. The predicted octanol–water partition coefficient (Wildman–Crippen LogP) is 3.18. The quantitative estimate of drug-likeness (QED) is 0.542. The summed E-state index contributed by atoms with van der Waals surface area (Å²) in [7, 11) is 0. The van der Waals surface area contributed by atoms with Crippen LogP contribution >= 0.6 is 0 Å². The standard InChI is InChI=1S/C21H16N2O5/c1-12-19(23-20(28-12)13-5-3-2-4-6-13)21(26)27-11-17(24)14-7-8-16-15(9-14)10-18(25)22-16/h2-9H,10-11H2,1H3,(H,22,25). The van der Waals surface area contributed by atoms with Crippen molar-refractivity contribution in [1.29, 1.82) is 0 Å². The summed E-state index contributed by atoms with van der Waals surface area (Å²) in [6.45, 7) is 1.19. The lowest BCUT2D eigenvalue weighted by Crippen LogP contribution is -2.15. The zero-order chi connectivity index (χ0) is 19.7. The van der Waals surface area contributed by atoms with Crippen LogP contribution in [0.1, 0.15) is 32.2 Å². The molecule has 0 aliphatic carbocycles. The number of Topliss-reactive ketones (excluding diaryl/α,β-unsaturated/α-hetero) is 1. The van der Waals surface area contributed by atoms with E-state index in [1.807, 2.05) is 30.3 Å². The van der Waals surface area contributed by atoms with Crippen molar-refractivity contribution in [3.63, 3.8) is 0 Å². The van der Waals surface area contributed by atoms with E-state index >= 15 is 0 Å². The first-order valence-electron chi connectivity index (χ1n) is 8.67. The van der Waals surface area contributed by atoms with E-state index in [9.17, 15) is 14.4 Å². The molecule has 0 saturated heterocycles. The van der Waals surface area contributed by atoms with E-state index in [0.29, 0.717) is 22.9 Å². The fourth-order valence-corrected chi connectivity index (χ4v) is 2.98. The molecule has 2 aromatic carbocycles. The molecule has 7 nitrogen and oxygen atoms in total. The number of aromatic nitrogens is 1. The van der Waals surface area contributed by atoms with Gasteiger partial charge in [0.15, 0.2) is 18.1 Å². The maximum Gasteiger partial charge on any atom is 0.361 e. The second-order valence-corrected chi connectivity index (χ2v) is 6.39. The minimum Gasteiger partial charge on any atom is -0.452 e. The second kappa shape index (κ2) is 7.11. The molecule has 3 aromatic rings. The van der Waals surface area contributed by atoms with E-state index in [-0.39, 0.29) is 23.8 Å². The molecule has 0 saturated carbocycles. The molecular formula is C21H16N2O5. The molecule has 0 bridgehead atoms. The first kappa shape index (κ1) is 17.7. The fraction of sp³-hybridized carbons (Fsp3) is 0.143. The third-order valence-corrected chi connectivity index (χ3v) is 4.40. The van der Waals surface area contributed by atoms with E-state index in [1.54, 1.807) is 25.1 Å². The van der Waals surface area contributed by atoms with Gasteiger partial charge in [-0.25, -0.2) is 9.78 Å². The fourth-order valence-electron chi connectivity index (χ4n) is 2.98. The first-order chi connectivity index (χ1) is 13.5. The molecule has 0 fully saturated rings. The van der Waals surface area contributed by atoms with Crippen molar-refractivity contribution in [2.24, 2.45) is 0 Å². The van der Waals surface area contributed by atoms with E-state index < -0.39 is 12.6 Å². The number of carbonyl (C=O) groups excluding carboxylic acids is 3. The van der Waals surface area contributed by atoms with Gasteiger partial charge in [0.1, 0.15) is 5.76 Å². The zero-order valence-electron chi connectivity index (χ0n) is 15.0. The molecule has 0 atom stereocenters. The third kappa shape index (κ3) is 3.42. The number of benzene rings is 2. The van der Waals surface area contributed by atoms with Crippen molar-refractivity contribution in [2.45, 2.75) is 13.3 Å². The van der Waals surface area contributed by atoms with Gasteiger partial charge >= 0.3 is 5.97 Å². The van der Waals surface area contributed by atoms with Gasteiger partial charge in [0.25, 0.3) is 0 Å². The average Bonchev–Trinajstić information content (AvgIpc) is 3.27. The molecule has 4 rings (SSSR count). The van der Waals surface area contributed by atoms with Crippen LogP contribution in [-0.4, -0.2) is 29.3 Å². The monoisotopic (exact) mass is 376 g/mol. The molecule has 7 heteroatoms. The van der Waals surface area contributed by atoms with Crippen LogP contribution in [0.2, 0.25) is 0 Å². The Balaban J connectivity index is 1.44. The highest BCUT2D eigenvalue weighted by Gasteiger charge is 2.22. The topological polar surface area (TPSA) is 98.5 Å². The van der Waals surface area contributed by atoms with Crippen molar-refractivity contribution in [2.75, 3.05) is 11.9 Å². The summed E-state index contributed by atoms with van der Waals surface area (Å²) in [4.78, 5) is 40.3. The van der Waals surface area contributed by atoms with Gasteiger partial charge in [0.05, 0.1) is 6.42 Å². The Bertz CT molecular complexity index is 1090. The van der Waals surface area contributed by atoms with Crippen LogP contribution in [0.3, 0.4) is 0 Å². The van der Waals surface area contributed by atoms with E-state index in [1.165, 1.54) is 0 Å². The Labute approximate surface area is 160 Å². The van der Waals surface area contributed by atoms with E-state index in [2.05, 4.69) is 10.3 Å². The normalized spacial score (nSPS) is 12.4. The number of rotatable bonds is 5. The number of anilines is 1. The summed E-state index contributed by atoms with van der Waals surface area (Å²) in [5, 5.41) is 2.70. The van der Waals surface area contributed by atoms with Gasteiger partial charge < -0.3 is 14.5 Å². The number of nitrogens with zero attached hydrogens (tertiary/aromatic N) is 1. The largest absolute Gasteiger partial charge is 0.452 e. The SMILES string of the molecule is Cc1oc(-c2ccccc2)nc1C(=O)OCC(=O)c1ccc2c(c1)CC(=O)N2. The van der Waals surface area contributed by atoms with Gasteiger partial charge in [0.2, 0.25) is 11.8 Å². The number of fused-ring (bicyclic) bond motifs is 1. The molecule has 28 heavy (non-hydrogen) atoms. The van der Waals surface area contributed by atoms with Crippen LogP contribution in [0.4, 0.5) is 5.69 Å². The van der Waals surface area contributed by atoms with Crippen LogP contribution in [0.15, 0.2) is 52.9 Å². The molecule has 0 unspecified atom stereocenters. The maximum absolute atomic E-state index is 12.3. The summed E-state index contributed by atoms with van der Waals surface area (Å²) in [6.07, 6.45) is 0.233. The van der Waals surface area contributed by atoms with Crippen molar-refractivity contribution in [3.05, 3.63) is 71.1 Å². The van der Waals surface area contributed by atoms with Crippen LogP contribution in [0.5, 0.6) is 0 Å². The summed E-state index contributed by atoms with van der Waals surface area (Å²) in [5.74, 6) is -0.568. The van der Waals surface area contributed by atoms with Gasteiger partial charge in [-0.15, -0.1) is 0 Å². The second-order valence-electron chi connectivity index (χ2n) is 6.39. The maximum atomic E-state index is 12.3. The van der Waals surface area contributed by atoms with Crippen molar-refractivity contribution in [3.8, 4) is 11.5 Å². The highest BCUT2D eigenvalue weighted by atomic mass is 16.5. The van der Waals surface area contributed by atoms with E-state index in [0.717, 1.165) is 11.1 Å². The molecule has 1 aliphatic heterocycles. The summed E-state index contributed by atoms with van der Waals surface area (Å²) in [5.41, 5.74) is 2.61. The summed E-state index contributed by atoms with van der Waals surface area (Å²) >= 11 is 0. The highest BCUT2D eigenvalue weighted by Crippen LogP contribution is 2.24. The molecule has 1 aromatic heterocycles. The van der Waals surface area contributed by atoms with Gasteiger partial charge in [-0.05, 0) is 42.8 Å². The van der Waals surface area contributed by atoms with E-state index in [4.69, 9.17) is 9.15 Å². The van der Waals surface area contributed by atoms with Crippen LogP contribution in [-0.2, 0) is 16.0 Å². The number of hydrogen-bond acceptors (Lipinski definition) is 6. The number of nitrogens with one attached hydrogen (secondary N) is 1. The number of ketones is 1. The Morgan fingerprint density at radius 3 is 2.75 bits per heavy atom. The number of hydrogen-bond donors (Lipinski definition) is 1. The number of esters is 1. The van der Waals surface area contributed by atoms with Gasteiger partial charge in [0, 0.05) is 16.8 Å². The zero-order valence-corrected chi connectivity index (χ0v) is 15.0. The van der Waals surface area contributed by atoms with Crippen molar-refractivity contribution in [1.82, 2.24) is 4.98 Å². The lowest BCUT2D eigenvalue weighted by molar-refractivity contribution is -0.115. The minimum atomic E-state index is -0.727. The molecule has 0 radical (unpaired) electrons. The molecule has 140 valence electrons. The van der Waals surface area contributed by atoms with Crippen LogP contribution in [0.25, 0.3) is 11.5 Å². The Morgan fingerprint density at radius 1 is 1.18 bits per heavy atom. The number of aryl methyl sites for hydroxylation is 1.